The van der Waals surface area contributed by atoms with Crippen molar-refractivity contribution in [1.82, 2.24) is 24.9 Å². The third kappa shape index (κ3) is 4.50. The molecule has 8 nitrogen and oxygen atoms in total. The lowest BCUT2D eigenvalue weighted by molar-refractivity contribution is -0.141. The highest BCUT2D eigenvalue weighted by Gasteiger charge is 2.36. The highest BCUT2D eigenvalue weighted by atomic mass is 35.5. The molecule has 3 aliphatic rings. The lowest BCUT2D eigenvalue weighted by Crippen LogP contribution is -2.55. The molecule has 0 aromatic carbocycles. The second-order valence-electron chi connectivity index (χ2n) is 7.63. The van der Waals surface area contributed by atoms with Crippen molar-refractivity contribution in [2.75, 3.05) is 45.9 Å². The molecular formula is C19H30ClN5O3. The maximum atomic E-state index is 13.1. The first kappa shape index (κ1) is 21.1. The molecule has 2 atom stereocenters. The van der Waals surface area contributed by atoms with Gasteiger partial charge in [-0.05, 0) is 44.7 Å². The van der Waals surface area contributed by atoms with E-state index in [2.05, 4.69) is 10.4 Å². The number of rotatable bonds is 3. The van der Waals surface area contributed by atoms with E-state index in [1.54, 1.807) is 11.0 Å². The number of piperidine rings is 2. The smallest absolute Gasteiger partial charge is 0.275 e. The van der Waals surface area contributed by atoms with Gasteiger partial charge in [0.05, 0.1) is 19.3 Å². The van der Waals surface area contributed by atoms with E-state index >= 15 is 0 Å². The molecule has 0 bridgehead atoms. The number of hydrogen-bond acceptors (Lipinski definition) is 5. The van der Waals surface area contributed by atoms with Crippen LogP contribution in [-0.2, 0) is 9.53 Å². The molecular weight excluding hydrogens is 382 g/mol. The summed E-state index contributed by atoms with van der Waals surface area (Å²) in [7, 11) is 0. The van der Waals surface area contributed by atoms with Crippen LogP contribution in [0.2, 0.25) is 0 Å². The second kappa shape index (κ2) is 9.71. The molecule has 28 heavy (non-hydrogen) atoms. The van der Waals surface area contributed by atoms with E-state index in [4.69, 9.17) is 4.74 Å². The molecule has 1 N–H and O–H groups in total. The maximum absolute atomic E-state index is 13.1. The third-order valence-electron chi connectivity index (χ3n) is 5.84. The fourth-order valence-corrected chi connectivity index (χ4v) is 4.29. The molecule has 2 unspecified atom stereocenters. The van der Waals surface area contributed by atoms with Crippen molar-refractivity contribution in [2.45, 2.75) is 44.2 Å². The fourth-order valence-electron chi connectivity index (χ4n) is 4.29. The number of hydrogen-bond donors (Lipinski definition) is 1. The van der Waals surface area contributed by atoms with Crippen LogP contribution < -0.4 is 5.32 Å². The van der Waals surface area contributed by atoms with E-state index in [1.165, 1.54) is 0 Å². The molecule has 156 valence electrons. The van der Waals surface area contributed by atoms with Crippen molar-refractivity contribution in [1.29, 1.82) is 0 Å². The minimum absolute atomic E-state index is 0. The number of likely N-dealkylation sites (tertiary alicyclic amines) is 1. The third-order valence-corrected chi connectivity index (χ3v) is 5.84. The molecule has 0 saturated carbocycles. The first-order valence-corrected chi connectivity index (χ1v) is 10.2. The standard InChI is InChI=1S/C19H29N5O3.ClH/c25-18(16-6-9-24(21-16)15-4-3-7-20-14-15)23-8-2-1-5-17(23)19(26)22-10-12-27-13-11-22;/h6,9,15,17,20H,1-5,7-8,10-14H2;1H. The number of morpholine rings is 1. The molecule has 0 radical (unpaired) electrons. The average molecular weight is 412 g/mol. The van der Waals surface area contributed by atoms with Gasteiger partial charge >= 0.3 is 0 Å². The topological polar surface area (TPSA) is 79.7 Å². The first-order valence-electron chi connectivity index (χ1n) is 10.2. The normalized spacial score (nSPS) is 25.9. The zero-order valence-corrected chi connectivity index (χ0v) is 17.0. The van der Waals surface area contributed by atoms with Crippen LogP contribution in [0.1, 0.15) is 48.6 Å². The highest BCUT2D eigenvalue weighted by Crippen LogP contribution is 2.22. The Labute approximate surface area is 172 Å². The van der Waals surface area contributed by atoms with Crippen molar-refractivity contribution in [3.05, 3.63) is 18.0 Å². The Kier molecular flexibility index (Phi) is 7.31. The van der Waals surface area contributed by atoms with Crippen LogP contribution >= 0.6 is 12.4 Å². The summed E-state index contributed by atoms with van der Waals surface area (Å²) in [6, 6.07) is 1.72. The molecule has 0 aliphatic carbocycles. The number of amides is 2. The Bertz CT molecular complexity index is 670. The average Bonchev–Trinajstić information content (AvgIpc) is 3.24. The number of halogens is 1. The maximum Gasteiger partial charge on any atom is 0.275 e. The van der Waals surface area contributed by atoms with E-state index < -0.39 is 0 Å². The van der Waals surface area contributed by atoms with Crippen molar-refractivity contribution in [3.63, 3.8) is 0 Å². The largest absolute Gasteiger partial charge is 0.378 e. The van der Waals surface area contributed by atoms with Crippen LogP contribution in [0.5, 0.6) is 0 Å². The Balaban J connectivity index is 0.00000225. The Hall–Kier alpha value is -1.64. The van der Waals surface area contributed by atoms with Crippen molar-refractivity contribution in [3.8, 4) is 0 Å². The predicted octanol–water partition coefficient (Wildman–Crippen LogP) is 1.08. The number of aromatic nitrogens is 2. The molecule has 9 heteroatoms. The zero-order valence-electron chi connectivity index (χ0n) is 16.2. The van der Waals surface area contributed by atoms with Crippen molar-refractivity contribution >= 4 is 24.2 Å². The van der Waals surface area contributed by atoms with Gasteiger partial charge in [-0.1, -0.05) is 0 Å². The molecule has 3 fully saturated rings. The summed E-state index contributed by atoms with van der Waals surface area (Å²) in [5.74, 6) is -0.0638. The van der Waals surface area contributed by atoms with Crippen LogP contribution in [0.4, 0.5) is 0 Å². The van der Waals surface area contributed by atoms with Crippen molar-refractivity contribution in [2.24, 2.45) is 0 Å². The van der Waals surface area contributed by atoms with Gasteiger partial charge in [-0.15, -0.1) is 12.4 Å². The number of carbonyl (C=O) groups excluding carboxylic acids is 2. The Morgan fingerprint density at radius 3 is 2.68 bits per heavy atom. The van der Waals surface area contributed by atoms with Gasteiger partial charge in [0, 0.05) is 32.4 Å². The lowest BCUT2D eigenvalue weighted by Gasteiger charge is -2.38. The van der Waals surface area contributed by atoms with Crippen LogP contribution in [0.3, 0.4) is 0 Å². The molecule has 1 aromatic rings. The molecule has 4 heterocycles. The quantitative estimate of drug-likeness (QED) is 0.805. The van der Waals surface area contributed by atoms with E-state index in [9.17, 15) is 9.59 Å². The summed E-state index contributed by atoms with van der Waals surface area (Å²) < 4.78 is 7.25. The zero-order chi connectivity index (χ0) is 18.6. The number of ether oxygens (including phenoxy) is 1. The van der Waals surface area contributed by atoms with Crippen LogP contribution in [-0.4, -0.2) is 83.4 Å². The van der Waals surface area contributed by atoms with Gasteiger partial charge in [0.25, 0.3) is 5.91 Å². The Morgan fingerprint density at radius 1 is 1.11 bits per heavy atom. The number of nitrogens with zero attached hydrogens (tertiary/aromatic N) is 4. The predicted molar refractivity (Wildman–Crippen MR) is 107 cm³/mol. The van der Waals surface area contributed by atoms with Crippen LogP contribution in [0.15, 0.2) is 12.3 Å². The van der Waals surface area contributed by atoms with Crippen LogP contribution in [0.25, 0.3) is 0 Å². The molecule has 0 spiro atoms. The summed E-state index contributed by atoms with van der Waals surface area (Å²) in [5.41, 5.74) is 0.447. The summed E-state index contributed by atoms with van der Waals surface area (Å²) >= 11 is 0. The molecule has 3 aliphatic heterocycles. The van der Waals surface area contributed by atoms with Gasteiger partial charge in [0.2, 0.25) is 5.91 Å². The van der Waals surface area contributed by atoms with Gasteiger partial charge in [0.15, 0.2) is 0 Å². The van der Waals surface area contributed by atoms with E-state index in [0.29, 0.717) is 44.6 Å². The van der Waals surface area contributed by atoms with Crippen LogP contribution in [0, 0.1) is 0 Å². The highest BCUT2D eigenvalue weighted by molar-refractivity contribution is 5.96. The van der Waals surface area contributed by atoms with Gasteiger partial charge < -0.3 is 19.9 Å². The number of carbonyl (C=O) groups is 2. The summed E-state index contributed by atoms with van der Waals surface area (Å²) in [5, 5.41) is 7.93. The second-order valence-corrected chi connectivity index (χ2v) is 7.63. The minimum Gasteiger partial charge on any atom is -0.378 e. The lowest BCUT2D eigenvalue weighted by atomic mass is 10.00. The molecule has 2 amide bonds. The summed E-state index contributed by atoms with van der Waals surface area (Å²) in [4.78, 5) is 29.7. The van der Waals surface area contributed by atoms with E-state index in [0.717, 1.165) is 45.2 Å². The molecule has 1 aromatic heterocycles. The SMILES string of the molecule is Cl.O=C(C1CCCCN1C(=O)c1ccn(C2CCCNC2)n1)N1CCOCC1. The monoisotopic (exact) mass is 411 g/mol. The first-order chi connectivity index (χ1) is 13.2. The van der Waals surface area contributed by atoms with E-state index in [-0.39, 0.29) is 30.3 Å². The summed E-state index contributed by atoms with van der Waals surface area (Å²) in [6.45, 7) is 4.93. The van der Waals surface area contributed by atoms with Gasteiger partial charge in [-0.25, -0.2) is 0 Å². The number of nitrogens with one attached hydrogen (secondary N) is 1. The fraction of sp³-hybridized carbons (Fsp3) is 0.737. The molecule has 4 rings (SSSR count). The molecule has 3 saturated heterocycles. The van der Waals surface area contributed by atoms with Gasteiger partial charge in [0.1, 0.15) is 11.7 Å². The van der Waals surface area contributed by atoms with Gasteiger partial charge in [-0.2, -0.15) is 5.10 Å². The van der Waals surface area contributed by atoms with Crippen molar-refractivity contribution < 1.29 is 14.3 Å². The summed E-state index contributed by atoms with van der Waals surface area (Å²) in [6.07, 6.45) is 6.74. The Morgan fingerprint density at radius 2 is 1.93 bits per heavy atom. The minimum atomic E-state index is -0.370. The van der Waals surface area contributed by atoms with Gasteiger partial charge in [-0.3, -0.25) is 14.3 Å². The van der Waals surface area contributed by atoms with E-state index in [1.807, 2.05) is 15.8 Å².